The number of methoxy groups -OCH3 is 1. The molecule has 3 rings (SSSR count). The van der Waals surface area contributed by atoms with Crippen LogP contribution < -0.4 is 14.4 Å². The van der Waals surface area contributed by atoms with Crippen molar-refractivity contribution in [2.24, 2.45) is 0 Å². The number of fused-ring (bicyclic) bond motifs is 1. The lowest BCUT2D eigenvalue weighted by molar-refractivity contribution is 0.300. The lowest BCUT2D eigenvalue weighted by Crippen LogP contribution is -2.33. The summed E-state index contributed by atoms with van der Waals surface area (Å²) in [4.78, 5) is 4.71. The minimum atomic E-state index is -0.210. The normalized spacial score (nSPS) is 13.2. The highest BCUT2D eigenvalue weighted by molar-refractivity contribution is 5.93. The Hall–Kier alpha value is -2.53. The van der Waals surface area contributed by atoms with E-state index in [9.17, 15) is 4.39 Å². The molecule has 5 heteroatoms. The van der Waals surface area contributed by atoms with Gasteiger partial charge >= 0.3 is 0 Å². The zero-order valence-corrected chi connectivity index (χ0v) is 19.3. The zero-order valence-electron chi connectivity index (χ0n) is 19.3. The topological polar surface area (TPSA) is 24.9 Å². The fraction of sp³-hybridized carbons (Fsp3) is 0.462. The molecule has 0 saturated carbocycles. The van der Waals surface area contributed by atoms with Gasteiger partial charge in [-0.05, 0) is 74.0 Å². The van der Waals surface area contributed by atoms with Crippen molar-refractivity contribution in [3.63, 3.8) is 0 Å². The molecule has 2 aromatic rings. The number of rotatable bonds is 11. The molecule has 0 aromatic heterocycles. The summed E-state index contributed by atoms with van der Waals surface area (Å²) in [7, 11) is 1.66. The average molecular weight is 427 g/mol. The number of ether oxygens (including phenoxy) is 2. The number of hydrogen-bond donors (Lipinski definition) is 0. The highest BCUT2D eigenvalue weighted by Crippen LogP contribution is 2.41. The van der Waals surface area contributed by atoms with E-state index in [2.05, 4.69) is 30.6 Å². The van der Waals surface area contributed by atoms with E-state index in [4.69, 9.17) is 9.47 Å². The molecule has 0 fully saturated rings. The van der Waals surface area contributed by atoms with Crippen molar-refractivity contribution in [2.75, 3.05) is 51.3 Å². The Bertz CT molecular complexity index is 876. The number of nitrogens with zero attached hydrogens (tertiary/aromatic N) is 2. The maximum atomic E-state index is 15.0. The fourth-order valence-corrected chi connectivity index (χ4v) is 4.06. The Kier molecular flexibility index (Phi) is 8.35. The second-order valence-electron chi connectivity index (χ2n) is 7.86. The van der Waals surface area contributed by atoms with E-state index >= 15 is 0 Å². The van der Waals surface area contributed by atoms with Crippen LogP contribution in [0.3, 0.4) is 0 Å². The van der Waals surface area contributed by atoms with Gasteiger partial charge in [-0.1, -0.05) is 32.9 Å². The first kappa shape index (κ1) is 23.1. The Morgan fingerprint density at radius 2 is 1.77 bits per heavy atom. The van der Waals surface area contributed by atoms with Gasteiger partial charge in [0.15, 0.2) is 0 Å². The molecule has 0 saturated heterocycles. The largest absolute Gasteiger partial charge is 0.497 e. The molecule has 1 heterocycles. The molecule has 0 unspecified atom stereocenters. The molecule has 0 radical (unpaired) electrons. The number of hydrogen-bond acceptors (Lipinski definition) is 4. The molecule has 31 heavy (non-hydrogen) atoms. The van der Waals surface area contributed by atoms with E-state index < -0.39 is 0 Å². The van der Waals surface area contributed by atoms with Crippen LogP contribution in [0.4, 0.5) is 10.1 Å². The molecule has 168 valence electrons. The van der Waals surface area contributed by atoms with E-state index in [-0.39, 0.29) is 5.82 Å². The van der Waals surface area contributed by atoms with Crippen LogP contribution in [0, 0.1) is 5.82 Å². The first-order valence-electron chi connectivity index (χ1n) is 11.4. The molecule has 0 bridgehead atoms. The van der Waals surface area contributed by atoms with Crippen molar-refractivity contribution in [3.05, 3.63) is 53.3 Å². The van der Waals surface area contributed by atoms with E-state index in [0.29, 0.717) is 12.2 Å². The molecular formula is C26H35FN2O2. The van der Waals surface area contributed by atoms with Gasteiger partial charge in [0.25, 0.3) is 0 Å². The Morgan fingerprint density at radius 3 is 2.42 bits per heavy atom. The predicted molar refractivity (Wildman–Crippen MR) is 128 cm³/mol. The summed E-state index contributed by atoms with van der Waals surface area (Å²) in [6, 6.07) is 11.3. The Morgan fingerprint density at radius 1 is 1.03 bits per heavy atom. The van der Waals surface area contributed by atoms with E-state index in [0.717, 1.165) is 73.9 Å². The third-order valence-electron chi connectivity index (χ3n) is 5.84. The van der Waals surface area contributed by atoms with Gasteiger partial charge in [-0.3, -0.25) is 0 Å². The predicted octanol–water partition coefficient (Wildman–Crippen LogP) is 5.72. The van der Waals surface area contributed by atoms with Crippen LogP contribution in [-0.4, -0.2) is 51.3 Å². The SMILES string of the molecule is CCCOc1ccc(F)c2c1N(CCCN(CC)CC)CC(c1ccc(OC)cc1)=C2. The number of benzene rings is 2. The Balaban J connectivity index is 1.94. The van der Waals surface area contributed by atoms with Gasteiger partial charge in [-0.2, -0.15) is 0 Å². The number of anilines is 1. The van der Waals surface area contributed by atoms with Gasteiger partial charge < -0.3 is 19.3 Å². The maximum Gasteiger partial charge on any atom is 0.143 e. The monoisotopic (exact) mass is 426 g/mol. The van der Waals surface area contributed by atoms with Gasteiger partial charge in [0.05, 0.1) is 19.4 Å². The summed E-state index contributed by atoms with van der Waals surface area (Å²) in [6.45, 7) is 11.8. The molecule has 2 aromatic carbocycles. The molecule has 1 aliphatic rings. The number of halogens is 1. The van der Waals surface area contributed by atoms with Crippen LogP contribution >= 0.6 is 0 Å². The summed E-state index contributed by atoms with van der Waals surface area (Å²) in [5.74, 6) is 1.38. The van der Waals surface area contributed by atoms with Crippen LogP contribution in [0.25, 0.3) is 11.6 Å². The highest BCUT2D eigenvalue weighted by Gasteiger charge is 2.25. The maximum absolute atomic E-state index is 15.0. The third-order valence-corrected chi connectivity index (χ3v) is 5.84. The quantitative estimate of drug-likeness (QED) is 0.459. The van der Waals surface area contributed by atoms with Crippen molar-refractivity contribution in [1.29, 1.82) is 0 Å². The van der Waals surface area contributed by atoms with E-state index in [1.54, 1.807) is 13.2 Å². The van der Waals surface area contributed by atoms with Crippen LogP contribution in [0.1, 0.15) is 44.7 Å². The third kappa shape index (κ3) is 5.59. The first-order valence-corrected chi connectivity index (χ1v) is 11.4. The lowest BCUT2D eigenvalue weighted by atomic mass is 9.96. The summed E-state index contributed by atoms with van der Waals surface area (Å²) >= 11 is 0. The van der Waals surface area contributed by atoms with Crippen LogP contribution in [0.2, 0.25) is 0 Å². The molecular weight excluding hydrogens is 391 g/mol. The summed E-state index contributed by atoms with van der Waals surface area (Å²) in [5, 5.41) is 0. The van der Waals surface area contributed by atoms with Gasteiger partial charge in [0.2, 0.25) is 0 Å². The van der Waals surface area contributed by atoms with Gasteiger partial charge in [-0.15, -0.1) is 0 Å². The van der Waals surface area contributed by atoms with Gasteiger partial charge in [-0.25, -0.2) is 4.39 Å². The van der Waals surface area contributed by atoms with Crippen LogP contribution in [0.5, 0.6) is 11.5 Å². The second-order valence-corrected chi connectivity index (χ2v) is 7.86. The zero-order chi connectivity index (χ0) is 22.2. The highest BCUT2D eigenvalue weighted by atomic mass is 19.1. The molecule has 0 amide bonds. The summed E-state index contributed by atoms with van der Waals surface area (Å²) < 4.78 is 26.3. The molecule has 0 spiro atoms. The minimum absolute atomic E-state index is 0.210. The lowest BCUT2D eigenvalue weighted by Gasteiger charge is -2.34. The molecule has 4 nitrogen and oxygen atoms in total. The van der Waals surface area contributed by atoms with E-state index in [1.165, 1.54) is 6.07 Å². The summed E-state index contributed by atoms with van der Waals surface area (Å²) in [5.41, 5.74) is 3.68. The summed E-state index contributed by atoms with van der Waals surface area (Å²) in [6.07, 6.45) is 3.91. The molecule has 1 aliphatic heterocycles. The van der Waals surface area contributed by atoms with Crippen LogP contribution in [-0.2, 0) is 0 Å². The van der Waals surface area contributed by atoms with Crippen molar-refractivity contribution in [1.82, 2.24) is 4.90 Å². The van der Waals surface area contributed by atoms with E-state index in [1.807, 2.05) is 30.3 Å². The van der Waals surface area contributed by atoms with Crippen molar-refractivity contribution >= 4 is 17.3 Å². The second kappa shape index (κ2) is 11.2. The average Bonchev–Trinajstić information content (AvgIpc) is 2.81. The van der Waals surface area contributed by atoms with Gasteiger partial charge in [0.1, 0.15) is 17.3 Å². The smallest absolute Gasteiger partial charge is 0.143 e. The van der Waals surface area contributed by atoms with Crippen molar-refractivity contribution in [2.45, 2.75) is 33.6 Å². The fourth-order valence-electron chi connectivity index (χ4n) is 4.06. The van der Waals surface area contributed by atoms with Crippen molar-refractivity contribution in [3.8, 4) is 11.5 Å². The van der Waals surface area contributed by atoms with Crippen LogP contribution in [0.15, 0.2) is 36.4 Å². The van der Waals surface area contributed by atoms with Crippen molar-refractivity contribution < 1.29 is 13.9 Å². The minimum Gasteiger partial charge on any atom is -0.497 e. The standard InChI is InChI=1S/C26H35FN2O2/c1-5-17-31-25-14-13-24(27)23-18-21(20-9-11-22(30-4)12-10-20)19-29(26(23)25)16-8-15-28(6-2)7-3/h9-14,18H,5-8,15-17,19H2,1-4H3. The molecule has 0 N–H and O–H groups in total. The molecule has 0 aliphatic carbocycles. The Labute approximate surface area is 186 Å². The molecule has 0 atom stereocenters. The first-order chi connectivity index (χ1) is 15.1. The van der Waals surface area contributed by atoms with Gasteiger partial charge in [0, 0.05) is 18.7 Å².